The van der Waals surface area contributed by atoms with Crippen molar-refractivity contribution in [2.75, 3.05) is 4.90 Å². The van der Waals surface area contributed by atoms with Crippen LogP contribution in [0.1, 0.15) is 17.0 Å². The van der Waals surface area contributed by atoms with Crippen LogP contribution in [0.15, 0.2) is 285 Å². The van der Waals surface area contributed by atoms with Gasteiger partial charge in [0.05, 0.1) is 28.5 Å². The molecule has 0 saturated heterocycles. The van der Waals surface area contributed by atoms with Crippen molar-refractivity contribution in [2.45, 2.75) is 12.0 Å². The summed E-state index contributed by atoms with van der Waals surface area (Å²) in [6.45, 7) is 0. The van der Waals surface area contributed by atoms with Crippen LogP contribution in [-0.4, -0.2) is 15.6 Å². The summed E-state index contributed by atoms with van der Waals surface area (Å²) in [5.74, 6) is 0.169. The molecule has 74 heavy (non-hydrogen) atoms. The van der Waals surface area contributed by atoms with E-state index in [-0.39, 0.29) is 12.0 Å². The third-order valence-corrected chi connectivity index (χ3v) is 15.1. The highest BCUT2D eigenvalue weighted by molar-refractivity contribution is 6.11. The zero-order valence-electron chi connectivity index (χ0n) is 40.6. The monoisotopic (exact) mass is 943 g/mol. The second-order valence-electron chi connectivity index (χ2n) is 19.5. The fourth-order valence-electron chi connectivity index (χ4n) is 11.5. The summed E-state index contributed by atoms with van der Waals surface area (Å²) in [5, 5.41) is 2.44. The maximum absolute atomic E-state index is 5.57. The van der Waals surface area contributed by atoms with Crippen LogP contribution in [-0.2, 0) is 0 Å². The Hall–Kier alpha value is -9.57. The molecule has 0 amide bonds. The molecule has 1 aliphatic heterocycles. The number of hydrogen-bond donors (Lipinski definition) is 0. The Morgan fingerprint density at radius 3 is 1.31 bits per heavy atom. The topological polar surface area (TPSA) is 21.1 Å². The van der Waals surface area contributed by atoms with E-state index in [9.17, 15) is 0 Å². The predicted molar refractivity (Wildman–Crippen MR) is 310 cm³/mol. The first kappa shape index (κ1) is 43.2. The van der Waals surface area contributed by atoms with Gasteiger partial charge >= 0.3 is 0 Å². The number of aromatic nitrogens is 2. The first-order valence-corrected chi connectivity index (χ1v) is 25.6. The van der Waals surface area contributed by atoms with Gasteiger partial charge in [-0.3, -0.25) is 0 Å². The minimum absolute atomic E-state index is 0.108. The Balaban J connectivity index is 0.886. The summed E-state index contributed by atoms with van der Waals surface area (Å²) >= 11 is 0. The van der Waals surface area contributed by atoms with Crippen LogP contribution in [0.25, 0.3) is 100 Å². The SMILES string of the molecule is C1=CC2C(C=C1c1ccccc1)c1cc(-c3ccccc3)ccc1N2c1cccc(-c2cc(-c3ccccc3)cc(-c3cccc(-n4c5ccc(-c6ccccc6)cc5c5cc(-c6ccccc6)ccc54)c3)n2)c1. The molecule has 3 heteroatoms. The third kappa shape index (κ3) is 7.74. The molecule has 0 saturated carbocycles. The first-order valence-electron chi connectivity index (χ1n) is 25.6. The number of allylic oxidation sites excluding steroid dienone is 2. The molecule has 0 radical (unpaired) electrons. The number of anilines is 2. The summed E-state index contributed by atoms with van der Waals surface area (Å²) in [4.78, 5) is 8.11. The average Bonchev–Trinajstić information content (AvgIpc) is 3.99. The van der Waals surface area contributed by atoms with E-state index in [0.717, 1.165) is 56.0 Å². The molecule has 2 aliphatic rings. The standard InChI is InChI=1S/C71H49N3/c1-6-18-48(19-7-1)53-32-36-68-62(42-53)63-43-54(49-20-8-2-9-21-49)33-37-69(63)73(68)60-30-16-28-57(40-60)66-46-59(52-26-14-5-15-27-52)47-67(72-66)58-29-17-31-61(41-58)74-70-38-34-55(50-22-10-3-11-23-50)44-64(70)65-45-56(35-39-71(65)74)51-24-12-4-13-25-51/h1-47,62,68H. The summed E-state index contributed by atoms with van der Waals surface area (Å²) < 4.78 is 2.42. The average molecular weight is 944 g/mol. The molecule has 0 N–H and O–H groups in total. The van der Waals surface area contributed by atoms with E-state index in [1.807, 2.05) is 0 Å². The Labute approximate surface area is 432 Å². The van der Waals surface area contributed by atoms with E-state index in [0.29, 0.717) is 0 Å². The fourth-order valence-corrected chi connectivity index (χ4v) is 11.5. The third-order valence-electron chi connectivity index (χ3n) is 15.1. The number of benzene rings is 10. The molecule has 0 fully saturated rings. The van der Waals surface area contributed by atoms with Gasteiger partial charge in [-0.25, -0.2) is 4.98 Å². The summed E-state index contributed by atoms with van der Waals surface area (Å²) in [6, 6.07) is 96.9. The Kier molecular flexibility index (Phi) is 10.7. The van der Waals surface area contributed by atoms with Crippen LogP contribution in [0, 0.1) is 0 Å². The van der Waals surface area contributed by atoms with Crippen molar-refractivity contribution in [3.63, 3.8) is 0 Å². The van der Waals surface area contributed by atoms with Gasteiger partial charge in [0.2, 0.25) is 0 Å². The fraction of sp³-hybridized carbons (Fsp3) is 0.0282. The van der Waals surface area contributed by atoms with Crippen LogP contribution in [0.2, 0.25) is 0 Å². The van der Waals surface area contributed by atoms with Gasteiger partial charge in [0.25, 0.3) is 0 Å². The Morgan fingerprint density at radius 2 is 0.770 bits per heavy atom. The molecule has 348 valence electrons. The van der Waals surface area contributed by atoms with E-state index < -0.39 is 0 Å². The van der Waals surface area contributed by atoms with Gasteiger partial charge in [-0.1, -0.05) is 212 Å². The van der Waals surface area contributed by atoms with Crippen molar-refractivity contribution in [2.24, 2.45) is 0 Å². The van der Waals surface area contributed by atoms with E-state index in [2.05, 4.69) is 295 Å². The van der Waals surface area contributed by atoms with Crippen molar-refractivity contribution < 1.29 is 0 Å². The van der Waals surface area contributed by atoms with Crippen LogP contribution in [0.3, 0.4) is 0 Å². The quantitative estimate of drug-likeness (QED) is 0.144. The van der Waals surface area contributed by atoms with Gasteiger partial charge < -0.3 is 9.47 Å². The molecule has 14 rings (SSSR count). The zero-order chi connectivity index (χ0) is 49.0. The van der Waals surface area contributed by atoms with Crippen LogP contribution >= 0.6 is 0 Å². The van der Waals surface area contributed by atoms with E-state index in [1.54, 1.807) is 0 Å². The van der Waals surface area contributed by atoms with E-state index in [4.69, 9.17) is 4.98 Å². The molecule has 1 aliphatic carbocycles. The van der Waals surface area contributed by atoms with Crippen molar-refractivity contribution in [1.82, 2.24) is 9.55 Å². The van der Waals surface area contributed by atoms with Gasteiger partial charge in [-0.05, 0) is 134 Å². The molecule has 3 nitrogen and oxygen atoms in total. The minimum atomic E-state index is 0.108. The molecule has 2 aromatic heterocycles. The van der Waals surface area contributed by atoms with E-state index in [1.165, 1.54) is 66.5 Å². The van der Waals surface area contributed by atoms with Crippen molar-refractivity contribution in [1.29, 1.82) is 0 Å². The van der Waals surface area contributed by atoms with Gasteiger partial charge in [-0.15, -0.1) is 0 Å². The molecule has 0 spiro atoms. The van der Waals surface area contributed by atoms with Crippen LogP contribution < -0.4 is 4.90 Å². The maximum Gasteiger partial charge on any atom is 0.0716 e. The highest BCUT2D eigenvalue weighted by Crippen LogP contribution is 2.51. The predicted octanol–water partition coefficient (Wildman–Crippen LogP) is 18.4. The van der Waals surface area contributed by atoms with Crippen molar-refractivity contribution >= 4 is 38.8 Å². The van der Waals surface area contributed by atoms with Gasteiger partial charge in [0.1, 0.15) is 0 Å². The lowest BCUT2D eigenvalue weighted by Gasteiger charge is -2.30. The number of pyridine rings is 1. The molecule has 0 bridgehead atoms. The molecule has 10 aromatic carbocycles. The van der Waals surface area contributed by atoms with Crippen molar-refractivity contribution in [3.8, 4) is 72.7 Å². The van der Waals surface area contributed by atoms with Crippen LogP contribution in [0.5, 0.6) is 0 Å². The number of nitrogens with zero attached hydrogens (tertiary/aromatic N) is 3. The molecular formula is C71H49N3. The Morgan fingerprint density at radius 1 is 0.324 bits per heavy atom. The minimum Gasteiger partial charge on any atom is -0.333 e. The highest BCUT2D eigenvalue weighted by Gasteiger charge is 2.39. The zero-order valence-corrected chi connectivity index (χ0v) is 40.6. The molecule has 2 atom stereocenters. The molecular weight excluding hydrogens is 895 g/mol. The first-order chi connectivity index (χ1) is 36.7. The summed E-state index contributed by atoms with van der Waals surface area (Å²) in [6.07, 6.45) is 7.20. The largest absolute Gasteiger partial charge is 0.333 e. The number of fused-ring (bicyclic) bond motifs is 6. The second kappa shape index (κ2) is 18.2. The molecule has 12 aromatic rings. The summed E-state index contributed by atoms with van der Waals surface area (Å²) in [7, 11) is 0. The van der Waals surface area contributed by atoms with Gasteiger partial charge in [-0.2, -0.15) is 0 Å². The Bertz CT molecular complexity index is 4020. The summed E-state index contributed by atoms with van der Waals surface area (Å²) in [5.41, 5.74) is 23.1. The smallest absolute Gasteiger partial charge is 0.0716 e. The van der Waals surface area contributed by atoms with Gasteiger partial charge in [0.15, 0.2) is 0 Å². The number of rotatable bonds is 9. The maximum atomic E-state index is 5.57. The lowest BCUT2D eigenvalue weighted by Crippen LogP contribution is -2.29. The lowest BCUT2D eigenvalue weighted by atomic mass is 9.85. The normalized spacial score (nSPS) is 14.8. The van der Waals surface area contributed by atoms with Crippen LogP contribution in [0.4, 0.5) is 11.4 Å². The van der Waals surface area contributed by atoms with E-state index >= 15 is 0 Å². The second-order valence-corrected chi connectivity index (χ2v) is 19.5. The molecule has 2 unspecified atom stereocenters. The number of hydrogen-bond acceptors (Lipinski definition) is 2. The van der Waals surface area contributed by atoms with Crippen molar-refractivity contribution in [3.05, 3.63) is 296 Å². The molecule has 3 heterocycles. The van der Waals surface area contributed by atoms with Gasteiger partial charge in [0, 0.05) is 44.9 Å². The lowest BCUT2D eigenvalue weighted by molar-refractivity contribution is 0.747. The highest BCUT2D eigenvalue weighted by atomic mass is 15.2.